The third-order valence-corrected chi connectivity index (χ3v) is 3.30. The van der Waals surface area contributed by atoms with E-state index < -0.39 is 41.4 Å². The summed E-state index contributed by atoms with van der Waals surface area (Å²) >= 11 is 0. The molecule has 0 amide bonds. The summed E-state index contributed by atoms with van der Waals surface area (Å²) in [5.41, 5.74) is 3.82. The maximum absolute atomic E-state index is 13.2. The van der Waals surface area contributed by atoms with E-state index in [4.69, 9.17) is 15.9 Å². The van der Waals surface area contributed by atoms with Gasteiger partial charge in [-0.15, -0.1) is 12.4 Å². The summed E-state index contributed by atoms with van der Waals surface area (Å²) in [5, 5.41) is 17.5. The van der Waals surface area contributed by atoms with Gasteiger partial charge < -0.3 is 15.9 Å². The van der Waals surface area contributed by atoms with Crippen LogP contribution in [0.25, 0.3) is 0 Å². The van der Waals surface area contributed by atoms with Gasteiger partial charge in [-0.1, -0.05) is 0 Å². The number of carbonyl (C=O) groups is 2. The first-order chi connectivity index (χ1) is 6.39. The molecule has 0 saturated heterocycles. The molecule has 2 saturated carbocycles. The Bertz CT molecular complexity index is 326. The van der Waals surface area contributed by atoms with Crippen LogP contribution >= 0.6 is 12.4 Å². The Morgan fingerprint density at radius 2 is 1.93 bits per heavy atom. The third kappa shape index (κ3) is 1.39. The zero-order valence-electron chi connectivity index (χ0n) is 7.59. The van der Waals surface area contributed by atoms with E-state index in [-0.39, 0.29) is 18.8 Å². The largest absolute Gasteiger partial charge is 0.481 e. The highest BCUT2D eigenvalue weighted by Gasteiger charge is 2.74. The van der Waals surface area contributed by atoms with E-state index >= 15 is 0 Å². The Hall–Kier alpha value is -0.880. The summed E-state index contributed by atoms with van der Waals surface area (Å²) < 4.78 is 13.2. The van der Waals surface area contributed by atoms with Crippen LogP contribution < -0.4 is 5.73 Å². The van der Waals surface area contributed by atoms with E-state index in [0.717, 1.165) is 0 Å². The Morgan fingerprint density at radius 1 is 1.40 bits per heavy atom. The van der Waals surface area contributed by atoms with Gasteiger partial charge in [0.25, 0.3) is 0 Å². The van der Waals surface area contributed by atoms with E-state index in [1.54, 1.807) is 0 Å². The van der Waals surface area contributed by atoms with Gasteiger partial charge in [0.15, 0.2) is 0 Å². The van der Waals surface area contributed by atoms with E-state index in [9.17, 15) is 14.0 Å². The van der Waals surface area contributed by atoms with Gasteiger partial charge in [-0.2, -0.15) is 0 Å². The molecule has 2 fully saturated rings. The molecule has 0 bridgehead atoms. The maximum Gasteiger partial charge on any atom is 0.324 e. The normalized spacial score (nSPS) is 46.5. The number of halogens is 2. The fraction of sp³-hybridized carbons (Fsp3) is 0.750. The van der Waals surface area contributed by atoms with Crippen molar-refractivity contribution in [3.8, 4) is 0 Å². The lowest BCUT2D eigenvalue weighted by molar-refractivity contribution is -0.145. The molecule has 2 aliphatic rings. The van der Waals surface area contributed by atoms with Crippen LogP contribution in [0.3, 0.4) is 0 Å². The van der Waals surface area contributed by atoms with Crippen LogP contribution in [0, 0.1) is 17.8 Å². The van der Waals surface area contributed by atoms with Crippen LogP contribution in [-0.2, 0) is 9.59 Å². The highest BCUT2D eigenvalue weighted by molar-refractivity contribution is 5.85. The number of aliphatic carboxylic acids is 2. The van der Waals surface area contributed by atoms with Gasteiger partial charge in [0.05, 0.1) is 5.92 Å². The van der Waals surface area contributed by atoms with Crippen molar-refractivity contribution in [3.05, 3.63) is 0 Å². The Balaban J connectivity index is 0.00000112. The predicted molar refractivity (Wildman–Crippen MR) is 49.4 cm³/mol. The van der Waals surface area contributed by atoms with E-state index in [0.29, 0.717) is 0 Å². The van der Waals surface area contributed by atoms with Crippen LogP contribution in [0.1, 0.15) is 6.42 Å². The molecule has 0 aromatic carbocycles. The van der Waals surface area contributed by atoms with Crippen LogP contribution in [0.2, 0.25) is 0 Å². The predicted octanol–water partition coefficient (Wildman–Crippen LogP) is -0.121. The van der Waals surface area contributed by atoms with Gasteiger partial charge in [-0.3, -0.25) is 9.59 Å². The molecule has 0 heterocycles. The van der Waals surface area contributed by atoms with Crippen molar-refractivity contribution in [3.63, 3.8) is 0 Å². The molecule has 4 N–H and O–H groups in total. The quantitative estimate of drug-likeness (QED) is 0.624. The van der Waals surface area contributed by atoms with Gasteiger partial charge in [-0.05, 0) is 0 Å². The number of hydrogen-bond donors (Lipinski definition) is 3. The third-order valence-electron chi connectivity index (χ3n) is 3.30. The van der Waals surface area contributed by atoms with Crippen LogP contribution in [0.15, 0.2) is 0 Å². The fourth-order valence-electron chi connectivity index (χ4n) is 2.59. The summed E-state index contributed by atoms with van der Waals surface area (Å²) in [4.78, 5) is 21.4. The molecule has 0 radical (unpaired) electrons. The Kier molecular flexibility index (Phi) is 2.69. The molecular formula is C8H11ClFNO4. The maximum atomic E-state index is 13.2. The van der Waals surface area contributed by atoms with Crippen molar-refractivity contribution >= 4 is 24.3 Å². The second-order valence-corrected chi connectivity index (χ2v) is 4.03. The minimum atomic E-state index is -1.69. The highest BCUT2D eigenvalue weighted by atomic mass is 35.5. The van der Waals surface area contributed by atoms with Crippen molar-refractivity contribution in [1.29, 1.82) is 0 Å². The average Bonchev–Trinajstić information content (AvgIpc) is 2.72. The van der Waals surface area contributed by atoms with Crippen molar-refractivity contribution in [2.24, 2.45) is 23.5 Å². The van der Waals surface area contributed by atoms with Gasteiger partial charge in [0.2, 0.25) is 0 Å². The molecular weight excluding hydrogens is 229 g/mol. The number of hydrogen-bond acceptors (Lipinski definition) is 3. The first kappa shape index (κ1) is 12.2. The summed E-state index contributed by atoms with van der Waals surface area (Å²) in [6, 6.07) is 0. The lowest BCUT2D eigenvalue weighted by Crippen LogP contribution is -2.50. The summed E-state index contributed by atoms with van der Waals surface area (Å²) in [6.45, 7) is 0. The van der Waals surface area contributed by atoms with Crippen LogP contribution in [0.5, 0.6) is 0 Å². The van der Waals surface area contributed by atoms with Crippen molar-refractivity contribution in [1.82, 2.24) is 0 Å². The molecule has 5 unspecified atom stereocenters. The zero-order chi connectivity index (χ0) is 10.7. The van der Waals surface area contributed by atoms with Crippen molar-refractivity contribution in [2.45, 2.75) is 18.1 Å². The first-order valence-electron chi connectivity index (χ1n) is 4.28. The topological polar surface area (TPSA) is 101 Å². The standard InChI is InChI=1S/C8H10FNO4.ClH/c9-2-1-8(10,7(13)14)5-3(2)4(5)6(11)12;/h2-5H,1,10H2,(H,11,12)(H,13,14);1H. The van der Waals surface area contributed by atoms with Crippen LogP contribution in [0.4, 0.5) is 4.39 Å². The first-order valence-corrected chi connectivity index (χ1v) is 4.28. The lowest BCUT2D eigenvalue weighted by Gasteiger charge is -2.21. The molecule has 0 aromatic rings. The minimum absolute atomic E-state index is 0. The monoisotopic (exact) mass is 239 g/mol. The Labute approximate surface area is 90.9 Å². The molecule has 15 heavy (non-hydrogen) atoms. The van der Waals surface area contributed by atoms with Crippen molar-refractivity contribution in [2.75, 3.05) is 0 Å². The second kappa shape index (κ2) is 3.31. The summed E-state index contributed by atoms with van der Waals surface area (Å²) in [5.74, 6) is -4.82. The smallest absolute Gasteiger partial charge is 0.324 e. The summed E-state index contributed by atoms with van der Waals surface area (Å²) in [7, 11) is 0. The van der Waals surface area contributed by atoms with Gasteiger partial charge >= 0.3 is 11.9 Å². The number of carboxylic acids is 2. The molecule has 0 spiro atoms. The number of fused-ring (bicyclic) bond motifs is 1. The lowest BCUT2D eigenvalue weighted by atomic mass is 9.91. The molecule has 2 aliphatic carbocycles. The summed E-state index contributed by atoms with van der Waals surface area (Å²) in [6.07, 6.45) is -1.68. The molecule has 7 heteroatoms. The molecule has 5 nitrogen and oxygen atoms in total. The van der Waals surface area contributed by atoms with E-state index in [1.165, 1.54) is 0 Å². The molecule has 0 aliphatic heterocycles. The SMILES string of the molecule is Cl.NC1(C(=O)O)CC(F)C2C(C(=O)O)C21. The second-order valence-electron chi connectivity index (χ2n) is 4.03. The van der Waals surface area contributed by atoms with E-state index in [1.807, 2.05) is 0 Å². The number of nitrogens with two attached hydrogens (primary N) is 1. The molecule has 2 rings (SSSR count). The molecule has 0 aromatic heterocycles. The van der Waals surface area contributed by atoms with Gasteiger partial charge in [0.1, 0.15) is 11.7 Å². The minimum Gasteiger partial charge on any atom is -0.481 e. The fourth-order valence-corrected chi connectivity index (χ4v) is 2.59. The van der Waals surface area contributed by atoms with E-state index in [2.05, 4.69) is 0 Å². The number of rotatable bonds is 2. The highest BCUT2D eigenvalue weighted by Crippen LogP contribution is 2.62. The zero-order valence-corrected chi connectivity index (χ0v) is 8.41. The Morgan fingerprint density at radius 3 is 2.27 bits per heavy atom. The molecule has 86 valence electrons. The average molecular weight is 240 g/mol. The van der Waals surface area contributed by atoms with Gasteiger partial charge in [0, 0.05) is 18.3 Å². The van der Waals surface area contributed by atoms with Gasteiger partial charge in [-0.25, -0.2) is 4.39 Å². The van der Waals surface area contributed by atoms with Crippen LogP contribution in [-0.4, -0.2) is 33.9 Å². The number of alkyl halides is 1. The number of carboxylic acid groups (broad SMARTS) is 2. The van der Waals surface area contributed by atoms with Crippen molar-refractivity contribution < 1.29 is 24.2 Å². The molecule has 5 atom stereocenters.